The van der Waals surface area contributed by atoms with Gasteiger partial charge in [-0.2, -0.15) is 0 Å². The van der Waals surface area contributed by atoms with Crippen LogP contribution >= 0.6 is 0 Å². The van der Waals surface area contributed by atoms with Crippen molar-refractivity contribution in [3.8, 4) is 0 Å². The Morgan fingerprint density at radius 3 is 3.06 bits per heavy atom. The summed E-state index contributed by atoms with van der Waals surface area (Å²) >= 11 is 0. The van der Waals surface area contributed by atoms with Crippen LogP contribution in [0.1, 0.15) is 50.2 Å². The first kappa shape index (κ1) is 10.3. The first-order chi connectivity index (χ1) is 7.84. The lowest BCUT2D eigenvalue weighted by Gasteiger charge is -2.21. The van der Waals surface area contributed by atoms with Crippen LogP contribution in [0.5, 0.6) is 0 Å². The van der Waals surface area contributed by atoms with Gasteiger partial charge in [-0.15, -0.1) is 10.2 Å². The second-order valence-corrected chi connectivity index (χ2v) is 5.17. The van der Waals surface area contributed by atoms with Gasteiger partial charge in [-0.3, -0.25) is 0 Å². The summed E-state index contributed by atoms with van der Waals surface area (Å²) in [5.74, 6) is 2.99. The molecule has 0 aliphatic carbocycles. The van der Waals surface area contributed by atoms with Gasteiger partial charge < -0.3 is 9.88 Å². The Kier molecular flexibility index (Phi) is 2.67. The molecule has 16 heavy (non-hydrogen) atoms. The summed E-state index contributed by atoms with van der Waals surface area (Å²) in [6, 6.07) is 0.630. The van der Waals surface area contributed by atoms with Crippen LogP contribution < -0.4 is 5.32 Å². The summed E-state index contributed by atoms with van der Waals surface area (Å²) in [6.45, 7) is 4.55. The molecule has 2 unspecified atom stereocenters. The predicted molar refractivity (Wildman–Crippen MR) is 62.4 cm³/mol. The van der Waals surface area contributed by atoms with Crippen molar-refractivity contribution in [3.63, 3.8) is 0 Å². The highest BCUT2D eigenvalue weighted by atomic mass is 15.3. The molecule has 0 bridgehead atoms. The Morgan fingerprint density at radius 2 is 2.25 bits per heavy atom. The van der Waals surface area contributed by atoms with Gasteiger partial charge in [-0.25, -0.2) is 0 Å². The monoisotopic (exact) mass is 220 g/mol. The lowest BCUT2D eigenvalue weighted by atomic mass is 10.0. The van der Waals surface area contributed by atoms with Crippen molar-refractivity contribution in [2.45, 2.75) is 57.5 Å². The number of fused-ring (bicyclic) bond motifs is 1. The van der Waals surface area contributed by atoms with Crippen molar-refractivity contribution in [3.05, 3.63) is 11.6 Å². The van der Waals surface area contributed by atoms with Crippen molar-refractivity contribution >= 4 is 0 Å². The largest absolute Gasteiger partial charge is 0.315 e. The van der Waals surface area contributed by atoms with E-state index in [0.717, 1.165) is 13.0 Å². The normalized spacial score (nSPS) is 29.3. The molecule has 0 spiro atoms. The molecule has 3 rings (SSSR count). The highest BCUT2D eigenvalue weighted by molar-refractivity contribution is 5.05. The van der Waals surface area contributed by atoms with Crippen LogP contribution in [0.3, 0.4) is 0 Å². The van der Waals surface area contributed by atoms with E-state index in [1.54, 1.807) is 0 Å². The first-order valence-corrected chi connectivity index (χ1v) is 6.50. The van der Waals surface area contributed by atoms with Crippen LogP contribution in [0.25, 0.3) is 0 Å². The van der Waals surface area contributed by atoms with E-state index in [1.807, 2.05) is 0 Å². The molecule has 4 nitrogen and oxygen atoms in total. The van der Waals surface area contributed by atoms with E-state index in [4.69, 9.17) is 0 Å². The van der Waals surface area contributed by atoms with Crippen LogP contribution in [0.15, 0.2) is 0 Å². The molecule has 4 heteroatoms. The van der Waals surface area contributed by atoms with Gasteiger partial charge in [0.25, 0.3) is 0 Å². The van der Waals surface area contributed by atoms with Gasteiger partial charge in [0.15, 0.2) is 0 Å². The Balaban J connectivity index is 1.79. The topological polar surface area (TPSA) is 42.7 Å². The van der Waals surface area contributed by atoms with E-state index in [2.05, 4.69) is 27.0 Å². The zero-order valence-electron chi connectivity index (χ0n) is 9.95. The first-order valence-electron chi connectivity index (χ1n) is 6.50. The molecule has 3 heterocycles. The number of nitrogens with one attached hydrogen (secondary N) is 1. The Labute approximate surface area is 96.4 Å². The van der Waals surface area contributed by atoms with E-state index in [9.17, 15) is 0 Å². The highest BCUT2D eigenvalue weighted by Gasteiger charge is 2.24. The van der Waals surface area contributed by atoms with Crippen LogP contribution in [0.4, 0.5) is 0 Å². The van der Waals surface area contributed by atoms with Crippen LogP contribution in [0, 0.1) is 0 Å². The molecule has 2 aliphatic heterocycles. The van der Waals surface area contributed by atoms with Gasteiger partial charge in [-0.1, -0.05) is 6.92 Å². The second-order valence-electron chi connectivity index (χ2n) is 5.17. The smallest absolute Gasteiger partial charge is 0.135 e. The molecule has 1 aromatic heterocycles. The molecule has 0 radical (unpaired) electrons. The number of aromatic nitrogens is 3. The number of hydrogen-bond acceptors (Lipinski definition) is 3. The molecule has 2 atom stereocenters. The van der Waals surface area contributed by atoms with Gasteiger partial charge in [-0.05, 0) is 32.2 Å². The summed E-state index contributed by atoms with van der Waals surface area (Å²) in [5, 5.41) is 12.3. The van der Waals surface area contributed by atoms with Gasteiger partial charge in [0.1, 0.15) is 11.6 Å². The van der Waals surface area contributed by atoms with E-state index in [1.165, 1.54) is 43.9 Å². The molecule has 1 fully saturated rings. The summed E-state index contributed by atoms with van der Waals surface area (Å²) < 4.78 is 2.36. The maximum atomic E-state index is 4.38. The summed E-state index contributed by atoms with van der Waals surface area (Å²) in [4.78, 5) is 0. The second kappa shape index (κ2) is 4.17. The third kappa shape index (κ3) is 1.75. The molecule has 1 N–H and O–H groups in total. The standard InChI is InChI=1S/C12H20N4/c1-9-4-3-7-16-11(14-15-12(9)16)8-10-5-2-6-13-10/h9-10,13H,2-8H2,1H3. The van der Waals surface area contributed by atoms with Gasteiger partial charge >= 0.3 is 0 Å². The zero-order valence-corrected chi connectivity index (χ0v) is 9.95. The fraction of sp³-hybridized carbons (Fsp3) is 0.833. The predicted octanol–water partition coefficient (Wildman–Crippen LogP) is 1.47. The SMILES string of the molecule is CC1CCCn2c(CC3CCCN3)nnc21. The summed E-state index contributed by atoms with van der Waals surface area (Å²) in [6.07, 6.45) is 6.19. The minimum absolute atomic E-state index is 0.589. The minimum Gasteiger partial charge on any atom is -0.315 e. The average Bonchev–Trinajstić information content (AvgIpc) is 2.90. The molecule has 1 saturated heterocycles. The number of hydrogen-bond donors (Lipinski definition) is 1. The van der Waals surface area contributed by atoms with Crippen molar-refractivity contribution in [1.29, 1.82) is 0 Å². The van der Waals surface area contributed by atoms with Crippen molar-refractivity contribution < 1.29 is 0 Å². The molecule has 0 amide bonds. The highest BCUT2D eigenvalue weighted by Crippen LogP contribution is 2.26. The van der Waals surface area contributed by atoms with E-state index in [-0.39, 0.29) is 0 Å². The van der Waals surface area contributed by atoms with Crippen molar-refractivity contribution in [1.82, 2.24) is 20.1 Å². The van der Waals surface area contributed by atoms with Gasteiger partial charge in [0.2, 0.25) is 0 Å². The van der Waals surface area contributed by atoms with Gasteiger partial charge in [0, 0.05) is 24.9 Å². The lowest BCUT2D eigenvalue weighted by Crippen LogP contribution is -2.26. The van der Waals surface area contributed by atoms with E-state index < -0.39 is 0 Å². The van der Waals surface area contributed by atoms with Gasteiger partial charge in [0.05, 0.1) is 0 Å². The molecule has 1 aromatic rings. The minimum atomic E-state index is 0.589. The van der Waals surface area contributed by atoms with E-state index in [0.29, 0.717) is 12.0 Å². The van der Waals surface area contributed by atoms with Crippen molar-refractivity contribution in [2.75, 3.05) is 6.54 Å². The zero-order chi connectivity index (χ0) is 11.0. The molecule has 0 saturated carbocycles. The molecular formula is C12H20N4. The molecular weight excluding hydrogens is 200 g/mol. The Bertz CT molecular complexity index is 365. The average molecular weight is 220 g/mol. The maximum Gasteiger partial charge on any atom is 0.135 e. The fourth-order valence-corrected chi connectivity index (χ4v) is 2.94. The van der Waals surface area contributed by atoms with Crippen LogP contribution in [-0.4, -0.2) is 27.4 Å². The Morgan fingerprint density at radius 1 is 1.31 bits per heavy atom. The van der Waals surface area contributed by atoms with Crippen LogP contribution in [-0.2, 0) is 13.0 Å². The molecule has 0 aromatic carbocycles. The summed E-state index contributed by atoms with van der Waals surface area (Å²) in [5.41, 5.74) is 0. The number of rotatable bonds is 2. The summed E-state index contributed by atoms with van der Waals surface area (Å²) in [7, 11) is 0. The van der Waals surface area contributed by atoms with Crippen LogP contribution in [0.2, 0.25) is 0 Å². The number of nitrogens with zero attached hydrogens (tertiary/aromatic N) is 3. The fourth-order valence-electron chi connectivity index (χ4n) is 2.94. The molecule has 88 valence electrons. The lowest BCUT2D eigenvalue weighted by molar-refractivity contribution is 0.446. The third-order valence-electron chi connectivity index (χ3n) is 3.91. The molecule has 2 aliphatic rings. The van der Waals surface area contributed by atoms with Crippen molar-refractivity contribution in [2.24, 2.45) is 0 Å². The Hall–Kier alpha value is -0.900. The quantitative estimate of drug-likeness (QED) is 0.820. The van der Waals surface area contributed by atoms with E-state index >= 15 is 0 Å². The maximum absolute atomic E-state index is 4.38. The third-order valence-corrected chi connectivity index (χ3v) is 3.91.